The Hall–Kier alpha value is -2.13. The van der Waals surface area contributed by atoms with Gasteiger partial charge in [-0.1, -0.05) is 29.3 Å². The highest BCUT2D eigenvalue weighted by atomic mass is 35.5. The Kier molecular flexibility index (Phi) is 7.42. The predicted octanol–water partition coefficient (Wildman–Crippen LogP) is 3.08. The van der Waals surface area contributed by atoms with Gasteiger partial charge in [-0.2, -0.15) is 9.41 Å². The molecule has 0 aliphatic rings. The molecule has 0 radical (unpaired) electrons. The summed E-state index contributed by atoms with van der Waals surface area (Å²) in [5, 5.41) is 4.53. The maximum absolute atomic E-state index is 12.6. The van der Waals surface area contributed by atoms with Gasteiger partial charge in [0.15, 0.2) is 0 Å². The number of ether oxygens (including phenoxy) is 1. The second kappa shape index (κ2) is 9.38. The van der Waals surface area contributed by atoms with Gasteiger partial charge in [-0.3, -0.25) is 4.79 Å². The average molecular weight is 444 g/mol. The summed E-state index contributed by atoms with van der Waals surface area (Å²) in [6.45, 7) is 1.32. The predicted molar refractivity (Wildman–Crippen MR) is 110 cm³/mol. The van der Waals surface area contributed by atoms with Crippen molar-refractivity contribution < 1.29 is 17.9 Å². The summed E-state index contributed by atoms with van der Waals surface area (Å²) in [7, 11) is -1.04. The van der Waals surface area contributed by atoms with Gasteiger partial charge in [0.1, 0.15) is 5.75 Å². The smallest absolute Gasteiger partial charge is 0.255 e. The van der Waals surface area contributed by atoms with Crippen molar-refractivity contribution in [2.45, 2.75) is 11.8 Å². The molecule has 0 bridgehead atoms. The third kappa shape index (κ3) is 5.23. The van der Waals surface area contributed by atoms with E-state index >= 15 is 0 Å². The molecule has 0 aliphatic carbocycles. The Balaban J connectivity index is 2.05. The first kappa shape index (κ1) is 22.2. The first-order valence-corrected chi connectivity index (χ1v) is 10.2. The zero-order chi connectivity index (χ0) is 20.9. The zero-order valence-electron chi connectivity index (χ0n) is 15.4. The van der Waals surface area contributed by atoms with E-state index in [1.807, 2.05) is 0 Å². The van der Waals surface area contributed by atoms with Gasteiger partial charge < -0.3 is 4.74 Å². The van der Waals surface area contributed by atoms with E-state index in [9.17, 15) is 13.2 Å². The quantitative estimate of drug-likeness (QED) is 0.525. The highest BCUT2D eigenvalue weighted by Crippen LogP contribution is 2.23. The normalized spacial score (nSPS) is 11.8. The molecule has 0 spiro atoms. The molecule has 0 aromatic heterocycles. The monoisotopic (exact) mass is 443 g/mol. The molecular formula is C18H19Cl2N3O4S. The lowest BCUT2D eigenvalue weighted by Gasteiger charge is -2.17. The number of aryl methyl sites for hydroxylation is 1. The van der Waals surface area contributed by atoms with Gasteiger partial charge in [0.2, 0.25) is 10.0 Å². The summed E-state index contributed by atoms with van der Waals surface area (Å²) in [5.74, 6) is -0.0392. The fraction of sp³-hybridized carbons (Fsp3) is 0.222. The number of carbonyl (C=O) groups excluding carboxylic acids is 1. The van der Waals surface area contributed by atoms with Crippen LogP contribution < -0.4 is 10.2 Å². The Bertz CT molecular complexity index is 990. The van der Waals surface area contributed by atoms with Crippen molar-refractivity contribution in [3.05, 3.63) is 57.6 Å². The van der Waals surface area contributed by atoms with Gasteiger partial charge in [0, 0.05) is 12.6 Å². The van der Waals surface area contributed by atoms with Crippen molar-refractivity contribution in [2.75, 3.05) is 20.7 Å². The van der Waals surface area contributed by atoms with Crippen molar-refractivity contribution in [1.82, 2.24) is 9.73 Å². The number of methoxy groups -OCH3 is 1. The molecule has 0 saturated carbocycles. The maximum atomic E-state index is 12.6. The molecule has 1 amide bonds. The van der Waals surface area contributed by atoms with E-state index in [0.29, 0.717) is 26.9 Å². The van der Waals surface area contributed by atoms with Crippen LogP contribution in [0.2, 0.25) is 10.0 Å². The molecule has 0 aliphatic heterocycles. The van der Waals surface area contributed by atoms with Gasteiger partial charge >= 0.3 is 0 Å². The SMILES string of the molecule is COc1ccc(S(=O)(=O)N(C)CC(=O)NN=Cc2c(Cl)cccc2Cl)cc1C. The number of hydrogen-bond donors (Lipinski definition) is 1. The van der Waals surface area contributed by atoms with E-state index in [-0.39, 0.29) is 4.90 Å². The minimum Gasteiger partial charge on any atom is -0.496 e. The lowest BCUT2D eigenvalue weighted by molar-refractivity contribution is -0.121. The maximum Gasteiger partial charge on any atom is 0.255 e. The second-order valence-corrected chi connectivity index (χ2v) is 8.68. The Morgan fingerprint density at radius 3 is 2.46 bits per heavy atom. The van der Waals surface area contributed by atoms with Crippen LogP contribution in [0.15, 0.2) is 46.4 Å². The number of nitrogens with one attached hydrogen (secondary N) is 1. The molecule has 0 saturated heterocycles. The first-order chi connectivity index (χ1) is 13.2. The van der Waals surface area contributed by atoms with E-state index in [4.69, 9.17) is 27.9 Å². The molecule has 28 heavy (non-hydrogen) atoms. The number of hydrogen-bond acceptors (Lipinski definition) is 5. The van der Waals surface area contributed by atoms with Crippen molar-refractivity contribution in [2.24, 2.45) is 5.10 Å². The number of halogens is 2. The summed E-state index contributed by atoms with van der Waals surface area (Å²) < 4.78 is 31.3. The number of amides is 1. The molecule has 0 fully saturated rings. The highest BCUT2D eigenvalue weighted by molar-refractivity contribution is 7.89. The minimum atomic E-state index is -3.85. The fourth-order valence-electron chi connectivity index (χ4n) is 2.32. The largest absolute Gasteiger partial charge is 0.496 e. The molecule has 1 N–H and O–H groups in total. The van der Waals surface area contributed by atoms with Gasteiger partial charge in [0.05, 0.1) is 34.8 Å². The summed E-state index contributed by atoms with van der Waals surface area (Å²) in [6.07, 6.45) is 1.30. The van der Waals surface area contributed by atoms with Crippen LogP contribution in [-0.2, 0) is 14.8 Å². The molecule has 2 rings (SSSR count). The van der Waals surface area contributed by atoms with E-state index in [0.717, 1.165) is 4.31 Å². The van der Waals surface area contributed by atoms with Crippen LogP contribution in [0, 0.1) is 6.92 Å². The van der Waals surface area contributed by atoms with Gasteiger partial charge in [-0.15, -0.1) is 0 Å². The van der Waals surface area contributed by atoms with Crippen molar-refractivity contribution in [1.29, 1.82) is 0 Å². The summed E-state index contributed by atoms with van der Waals surface area (Å²) in [6, 6.07) is 9.42. The molecule has 0 unspecified atom stereocenters. The Labute approximate surface area is 173 Å². The van der Waals surface area contributed by atoms with Crippen molar-refractivity contribution in [3.8, 4) is 5.75 Å². The lowest BCUT2D eigenvalue weighted by Crippen LogP contribution is -2.36. The van der Waals surface area contributed by atoms with Crippen LogP contribution in [-0.4, -0.2) is 45.5 Å². The molecule has 0 atom stereocenters. The Morgan fingerprint density at radius 2 is 1.89 bits per heavy atom. The van der Waals surface area contributed by atoms with E-state index in [1.54, 1.807) is 31.2 Å². The summed E-state index contributed by atoms with van der Waals surface area (Å²) in [4.78, 5) is 12.1. The van der Waals surface area contributed by atoms with Gasteiger partial charge in [-0.25, -0.2) is 13.8 Å². The number of rotatable bonds is 7. The Morgan fingerprint density at radius 1 is 1.25 bits per heavy atom. The van der Waals surface area contributed by atoms with Crippen LogP contribution in [0.1, 0.15) is 11.1 Å². The summed E-state index contributed by atoms with van der Waals surface area (Å²) in [5.41, 5.74) is 3.37. The second-order valence-electron chi connectivity index (χ2n) is 5.82. The molecular weight excluding hydrogens is 425 g/mol. The number of likely N-dealkylation sites (N-methyl/N-ethyl adjacent to an activating group) is 1. The third-order valence-corrected chi connectivity index (χ3v) is 6.28. The first-order valence-electron chi connectivity index (χ1n) is 8.03. The number of hydrazone groups is 1. The standard InChI is InChI=1S/C18H19Cl2N3O4S/c1-12-9-13(7-8-17(12)27-3)28(25,26)23(2)11-18(24)22-21-10-14-15(19)5-4-6-16(14)20/h4-10H,11H2,1-3H3,(H,22,24). The third-order valence-electron chi connectivity index (χ3n) is 3.82. The highest BCUT2D eigenvalue weighted by Gasteiger charge is 2.23. The van der Waals surface area contributed by atoms with Crippen molar-refractivity contribution in [3.63, 3.8) is 0 Å². The fourth-order valence-corrected chi connectivity index (χ4v) is 4.02. The average Bonchev–Trinajstić information content (AvgIpc) is 2.64. The van der Waals surface area contributed by atoms with E-state index in [2.05, 4.69) is 10.5 Å². The molecule has 7 nitrogen and oxygen atoms in total. The topological polar surface area (TPSA) is 88.1 Å². The lowest BCUT2D eigenvalue weighted by atomic mass is 10.2. The number of sulfonamides is 1. The molecule has 10 heteroatoms. The molecule has 0 heterocycles. The number of nitrogens with zero attached hydrogens (tertiary/aromatic N) is 2. The number of benzene rings is 2. The number of carbonyl (C=O) groups is 1. The van der Waals surface area contributed by atoms with Crippen LogP contribution in [0.4, 0.5) is 0 Å². The van der Waals surface area contributed by atoms with Crippen LogP contribution in [0.5, 0.6) is 5.75 Å². The van der Waals surface area contributed by atoms with Crippen molar-refractivity contribution >= 4 is 45.3 Å². The minimum absolute atomic E-state index is 0.0625. The van der Waals surface area contributed by atoms with Gasteiger partial charge in [-0.05, 0) is 42.8 Å². The van der Waals surface area contributed by atoms with Crippen LogP contribution >= 0.6 is 23.2 Å². The molecule has 2 aromatic rings. The zero-order valence-corrected chi connectivity index (χ0v) is 17.8. The van der Waals surface area contributed by atoms with E-state index in [1.165, 1.54) is 32.5 Å². The summed E-state index contributed by atoms with van der Waals surface area (Å²) >= 11 is 12.0. The van der Waals surface area contributed by atoms with Gasteiger partial charge in [0.25, 0.3) is 5.91 Å². The van der Waals surface area contributed by atoms with E-state index < -0.39 is 22.5 Å². The van der Waals surface area contributed by atoms with Crippen LogP contribution in [0.3, 0.4) is 0 Å². The molecule has 150 valence electrons. The molecule has 2 aromatic carbocycles. The van der Waals surface area contributed by atoms with Crippen LogP contribution in [0.25, 0.3) is 0 Å².